The molecule has 0 unspecified atom stereocenters. The quantitative estimate of drug-likeness (QED) is 0.774. The second-order valence-electron chi connectivity index (χ2n) is 8.52. The van der Waals surface area contributed by atoms with Crippen LogP contribution in [0.25, 0.3) is 0 Å². The van der Waals surface area contributed by atoms with Crippen LogP contribution in [-0.4, -0.2) is 41.9 Å². The minimum atomic E-state index is -0.127. The van der Waals surface area contributed by atoms with Gasteiger partial charge in [0, 0.05) is 25.2 Å². The van der Waals surface area contributed by atoms with Crippen LogP contribution in [0.4, 0.5) is 4.39 Å². The summed E-state index contributed by atoms with van der Waals surface area (Å²) >= 11 is 0. The summed E-state index contributed by atoms with van der Waals surface area (Å²) in [6.07, 6.45) is 4.60. The van der Waals surface area contributed by atoms with Crippen molar-refractivity contribution in [2.45, 2.75) is 39.2 Å². The highest BCUT2D eigenvalue weighted by Crippen LogP contribution is 2.41. The summed E-state index contributed by atoms with van der Waals surface area (Å²) in [5.74, 6) is 0.0396. The number of amides is 1. The van der Waals surface area contributed by atoms with E-state index in [0.717, 1.165) is 56.7 Å². The first kappa shape index (κ1) is 19.1. The molecule has 0 saturated carbocycles. The number of aryl methyl sites for hydroxylation is 1. The lowest BCUT2D eigenvalue weighted by atomic mass is 9.71. The van der Waals surface area contributed by atoms with E-state index >= 15 is 0 Å². The summed E-state index contributed by atoms with van der Waals surface area (Å²) in [6.45, 7) is 6.63. The molecular weight excluding hydrogens is 351 g/mol. The molecule has 2 saturated heterocycles. The van der Waals surface area contributed by atoms with Gasteiger partial charge >= 0.3 is 0 Å². The molecule has 3 nitrogen and oxygen atoms in total. The van der Waals surface area contributed by atoms with Crippen molar-refractivity contribution in [2.75, 3.05) is 26.2 Å². The number of hydrogen-bond donors (Lipinski definition) is 0. The Labute approximate surface area is 167 Å². The number of nitrogens with zero attached hydrogens (tertiary/aromatic N) is 2. The average molecular weight is 381 g/mol. The van der Waals surface area contributed by atoms with Crippen molar-refractivity contribution < 1.29 is 9.18 Å². The van der Waals surface area contributed by atoms with E-state index in [4.69, 9.17) is 0 Å². The lowest BCUT2D eigenvalue weighted by Crippen LogP contribution is -2.48. The molecule has 1 amide bonds. The first-order valence-electron chi connectivity index (χ1n) is 10.4. The highest BCUT2D eigenvalue weighted by Gasteiger charge is 2.38. The van der Waals surface area contributed by atoms with Gasteiger partial charge in [-0.05, 0) is 80.4 Å². The van der Waals surface area contributed by atoms with Crippen LogP contribution >= 0.6 is 0 Å². The third-order valence-corrected chi connectivity index (χ3v) is 6.68. The Hall–Kier alpha value is -2.20. The molecule has 4 heteroatoms. The van der Waals surface area contributed by atoms with E-state index in [1.807, 2.05) is 54.3 Å². The highest BCUT2D eigenvalue weighted by atomic mass is 19.1. The molecule has 2 aliphatic heterocycles. The Morgan fingerprint density at radius 3 is 2.25 bits per heavy atom. The van der Waals surface area contributed by atoms with Crippen molar-refractivity contribution in [2.24, 2.45) is 5.41 Å². The second kappa shape index (κ2) is 8.04. The van der Waals surface area contributed by atoms with Crippen LogP contribution in [0.3, 0.4) is 0 Å². The van der Waals surface area contributed by atoms with Crippen molar-refractivity contribution >= 4 is 5.91 Å². The number of rotatable bonds is 3. The third-order valence-electron chi connectivity index (χ3n) is 6.68. The SMILES string of the molecule is Cc1cc(CN2CCC3(CC2)CCN(C(=O)c2ccccc2)CC3)ccc1F. The summed E-state index contributed by atoms with van der Waals surface area (Å²) in [7, 11) is 0. The van der Waals surface area contributed by atoms with Crippen molar-refractivity contribution in [3.63, 3.8) is 0 Å². The summed E-state index contributed by atoms with van der Waals surface area (Å²) in [4.78, 5) is 17.2. The predicted molar refractivity (Wildman–Crippen MR) is 110 cm³/mol. The number of halogens is 1. The Balaban J connectivity index is 1.29. The highest BCUT2D eigenvalue weighted by molar-refractivity contribution is 5.94. The maximum Gasteiger partial charge on any atom is 0.253 e. The van der Waals surface area contributed by atoms with Crippen LogP contribution in [0.5, 0.6) is 0 Å². The van der Waals surface area contributed by atoms with Gasteiger partial charge in [0.1, 0.15) is 5.82 Å². The van der Waals surface area contributed by atoms with Gasteiger partial charge in [-0.3, -0.25) is 9.69 Å². The van der Waals surface area contributed by atoms with Crippen LogP contribution < -0.4 is 0 Å². The van der Waals surface area contributed by atoms with Crippen molar-refractivity contribution in [3.8, 4) is 0 Å². The predicted octanol–water partition coefficient (Wildman–Crippen LogP) is 4.65. The second-order valence-corrected chi connectivity index (χ2v) is 8.52. The van der Waals surface area contributed by atoms with Gasteiger partial charge in [0.25, 0.3) is 5.91 Å². The first-order valence-corrected chi connectivity index (χ1v) is 10.4. The minimum absolute atomic E-state index is 0.127. The van der Waals surface area contributed by atoms with E-state index in [2.05, 4.69) is 4.90 Å². The normalized spacial score (nSPS) is 19.7. The number of hydrogen-bond acceptors (Lipinski definition) is 2. The molecule has 2 aromatic rings. The zero-order chi connectivity index (χ0) is 19.6. The van der Waals surface area contributed by atoms with Crippen LogP contribution in [0, 0.1) is 18.2 Å². The van der Waals surface area contributed by atoms with E-state index in [9.17, 15) is 9.18 Å². The Bertz CT molecular complexity index is 818. The summed E-state index contributed by atoms with van der Waals surface area (Å²) in [5, 5.41) is 0. The van der Waals surface area contributed by atoms with Crippen molar-refractivity contribution in [1.29, 1.82) is 0 Å². The van der Waals surface area contributed by atoms with Crippen molar-refractivity contribution in [3.05, 3.63) is 71.0 Å². The van der Waals surface area contributed by atoms with Gasteiger partial charge in [-0.1, -0.05) is 30.3 Å². The molecule has 2 aromatic carbocycles. The molecule has 0 N–H and O–H groups in total. The minimum Gasteiger partial charge on any atom is -0.339 e. The lowest BCUT2D eigenvalue weighted by molar-refractivity contribution is 0.0285. The van der Waals surface area contributed by atoms with Crippen LogP contribution in [-0.2, 0) is 6.54 Å². The topological polar surface area (TPSA) is 23.6 Å². The Kier molecular flexibility index (Phi) is 5.49. The molecule has 148 valence electrons. The zero-order valence-electron chi connectivity index (χ0n) is 16.7. The van der Waals surface area contributed by atoms with E-state index in [1.165, 1.54) is 18.4 Å². The largest absolute Gasteiger partial charge is 0.339 e. The molecule has 4 rings (SSSR count). The molecule has 28 heavy (non-hydrogen) atoms. The summed E-state index contributed by atoms with van der Waals surface area (Å²) in [6, 6.07) is 15.1. The van der Waals surface area contributed by atoms with Gasteiger partial charge in [-0.2, -0.15) is 0 Å². The van der Waals surface area contributed by atoms with Crippen LogP contribution in [0.15, 0.2) is 48.5 Å². The van der Waals surface area contributed by atoms with E-state index in [-0.39, 0.29) is 11.7 Å². The zero-order valence-corrected chi connectivity index (χ0v) is 16.7. The van der Waals surface area contributed by atoms with Gasteiger partial charge in [-0.25, -0.2) is 4.39 Å². The summed E-state index contributed by atoms with van der Waals surface area (Å²) < 4.78 is 13.5. The van der Waals surface area contributed by atoms with Gasteiger partial charge in [0.05, 0.1) is 0 Å². The molecule has 0 aliphatic carbocycles. The maximum atomic E-state index is 13.5. The van der Waals surface area contributed by atoms with E-state index < -0.39 is 0 Å². The smallest absolute Gasteiger partial charge is 0.253 e. The fourth-order valence-electron chi connectivity index (χ4n) is 4.70. The molecule has 2 aliphatic rings. The average Bonchev–Trinajstić information content (AvgIpc) is 2.73. The monoisotopic (exact) mass is 380 g/mol. The van der Waals surface area contributed by atoms with E-state index in [1.54, 1.807) is 6.07 Å². The number of piperidine rings is 2. The number of carbonyl (C=O) groups is 1. The van der Waals surface area contributed by atoms with Gasteiger partial charge < -0.3 is 4.90 Å². The van der Waals surface area contributed by atoms with Gasteiger partial charge in [0.2, 0.25) is 0 Å². The van der Waals surface area contributed by atoms with Crippen molar-refractivity contribution in [1.82, 2.24) is 9.80 Å². The lowest BCUT2D eigenvalue weighted by Gasteiger charge is -2.47. The van der Waals surface area contributed by atoms with Crippen LogP contribution in [0.2, 0.25) is 0 Å². The maximum absolute atomic E-state index is 13.5. The number of carbonyl (C=O) groups excluding carboxylic acids is 1. The first-order chi connectivity index (χ1) is 13.5. The van der Waals surface area contributed by atoms with Crippen LogP contribution in [0.1, 0.15) is 47.2 Å². The molecule has 2 heterocycles. The Morgan fingerprint density at radius 2 is 1.61 bits per heavy atom. The molecule has 2 fully saturated rings. The fraction of sp³-hybridized carbons (Fsp3) is 0.458. The molecule has 0 bridgehead atoms. The third kappa shape index (κ3) is 4.12. The fourth-order valence-corrected chi connectivity index (χ4v) is 4.70. The van der Waals surface area contributed by atoms with E-state index in [0.29, 0.717) is 5.41 Å². The van der Waals surface area contributed by atoms with Gasteiger partial charge in [0.15, 0.2) is 0 Å². The molecule has 0 atom stereocenters. The number of likely N-dealkylation sites (tertiary alicyclic amines) is 2. The summed E-state index contributed by atoms with van der Waals surface area (Å²) in [5.41, 5.74) is 3.10. The molecule has 1 spiro atoms. The number of benzene rings is 2. The Morgan fingerprint density at radius 1 is 0.964 bits per heavy atom. The standard InChI is InChI=1S/C24H29FN2O/c1-19-17-20(7-8-22(19)25)18-26-13-9-24(10-14-26)11-15-27(16-12-24)23(28)21-5-3-2-4-6-21/h2-8,17H,9-16,18H2,1H3. The van der Waals surface area contributed by atoms with Gasteiger partial charge in [-0.15, -0.1) is 0 Å². The molecule has 0 aromatic heterocycles. The molecular formula is C24H29FN2O. The molecule has 0 radical (unpaired) electrons.